The molecule has 0 aromatic heterocycles. The molecule has 0 saturated carbocycles. The molecule has 0 heterocycles. The minimum Gasteiger partial charge on any atom is -0.444 e. The second-order valence-corrected chi connectivity index (χ2v) is 7.64. The Morgan fingerprint density at radius 3 is 2.21 bits per heavy atom. The average molecular weight is 351 g/mol. The third-order valence-corrected chi connectivity index (χ3v) is 3.97. The van der Waals surface area contributed by atoms with Gasteiger partial charge in [0.1, 0.15) is 17.3 Å². The maximum Gasteiger partial charge on any atom is 0.408 e. The molecule has 1 rings (SSSR count). The highest BCUT2D eigenvalue weighted by atomic mass is 32.2. The van der Waals surface area contributed by atoms with Crippen molar-refractivity contribution in [1.29, 1.82) is 0 Å². The van der Waals surface area contributed by atoms with E-state index < -0.39 is 23.7 Å². The van der Waals surface area contributed by atoms with E-state index in [4.69, 9.17) is 4.74 Å². The standard InChI is InChI=1S/C18H25NO4S/c1-6-24-16(21)14(12(2)20)15(13-10-8-7-9-11-13)19-17(22)23-18(3,4)5/h7-11,14-15H,6H2,1-5H3,(H,19,22)/t14-,15+/m1/s1. The highest BCUT2D eigenvalue weighted by molar-refractivity contribution is 8.13. The number of amides is 1. The molecular formula is C18H25NO4S. The SMILES string of the molecule is CCSC(=O)[C@H](C(C)=O)[C@@H](NC(=O)OC(C)(C)C)c1ccccc1. The topological polar surface area (TPSA) is 72.5 Å². The van der Waals surface area contributed by atoms with Crippen molar-refractivity contribution in [2.24, 2.45) is 5.92 Å². The molecule has 0 radical (unpaired) electrons. The fraction of sp³-hybridized carbons (Fsp3) is 0.500. The fourth-order valence-electron chi connectivity index (χ4n) is 2.22. The van der Waals surface area contributed by atoms with Crippen molar-refractivity contribution in [1.82, 2.24) is 5.32 Å². The van der Waals surface area contributed by atoms with Crippen LogP contribution in [0, 0.1) is 5.92 Å². The van der Waals surface area contributed by atoms with E-state index in [1.54, 1.807) is 45.0 Å². The minimum atomic E-state index is -0.954. The van der Waals surface area contributed by atoms with Crippen LogP contribution in [0.1, 0.15) is 46.2 Å². The van der Waals surface area contributed by atoms with Crippen LogP contribution in [-0.4, -0.2) is 28.3 Å². The summed E-state index contributed by atoms with van der Waals surface area (Å²) in [6, 6.07) is 8.23. The summed E-state index contributed by atoms with van der Waals surface area (Å²) in [5, 5.41) is 2.44. The number of hydrogen-bond donors (Lipinski definition) is 1. The lowest BCUT2D eigenvalue weighted by Gasteiger charge is -2.27. The van der Waals surface area contributed by atoms with E-state index in [1.165, 1.54) is 6.92 Å². The van der Waals surface area contributed by atoms with Crippen LogP contribution in [0.5, 0.6) is 0 Å². The van der Waals surface area contributed by atoms with Crippen LogP contribution in [0.15, 0.2) is 30.3 Å². The van der Waals surface area contributed by atoms with E-state index in [-0.39, 0.29) is 10.9 Å². The molecule has 0 spiro atoms. The number of ether oxygens (including phenoxy) is 1. The van der Waals surface area contributed by atoms with Crippen molar-refractivity contribution >= 4 is 28.8 Å². The predicted molar refractivity (Wildman–Crippen MR) is 95.9 cm³/mol. The van der Waals surface area contributed by atoms with Crippen LogP contribution < -0.4 is 5.32 Å². The minimum absolute atomic E-state index is 0.255. The van der Waals surface area contributed by atoms with Gasteiger partial charge < -0.3 is 10.1 Å². The van der Waals surface area contributed by atoms with Crippen LogP contribution in [-0.2, 0) is 14.3 Å². The Labute approximate surface area is 147 Å². The molecule has 0 saturated heterocycles. The monoisotopic (exact) mass is 351 g/mol. The highest BCUT2D eigenvalue weighted by Crippen LogP contribution is 2.28. The van der Waals surface area contributed by atoms with Gasteiger partial charge in [-0.2, -0.15) is 0 Å². The van der Waals surface area contributed by atoms with E-state index in [2.05, 4.69) is 5.32 Å². The Bertz CT molecular complexity index is 580. The lowest BCUT2D eigenvalue weighted by atomic mass is 9.91. The van der Waals surface area contributed by atoms with Gasteiger partial charge in [0, 0.05) is 0 Å². The Kier molecular flexibility index (Phi) is 7.48. The van der Waals surface area contributed by atoms with Gasteiger partial charge in [-0.25, -0.2) is 4.79 Å². The van der Waals surface area contributed by atoms with Gasteiger partial charge in [-0.1, -0.05) is 49.0 Å². The predicted octanol–water partition coefficient (Wildman–Crippen LogP) is 3.74. The number of ketones is 1. The molecule has 1 amide bonds. The molecule has 0 aliphatic rings. The van der Waals surface area contributed by atoms with Gasteiger partial charge in [-0.3, -0.25) is 9.59 Å². The number of carbonyl (C=O) groups excluding carboxylic acids is 3. The molecule has 0 bridgehead atoms. The first-order valence-electron chi connectivity index (χ1n) is 7.87. The van der Waals surface area contributed by atoms with Gasteiger partial charge in [0.05, 0.1) is 6.04 Å². The molecule has 1 aromatic carbocycles. The summed E-state index contributed by atoms with van der Waals surface area (Å²) >= 11 is 1.08. The molecule has 0 aliphatic carbocycles. The molecule has 1 aromatic rings. The molecule has 1 N–H and O–H groups in total. The Morgan fingerprint density at radius 2 is 1.75 bits per heavy atom. The third-order valence-electron chi connectivity index (χ3n) is 3.14. The number of thioether (sulfide) groups is 1. The third kappa shape index (κ3) is 6.35. The lowest BCUT2D eigenvalue weighted by molar-refractivity contribution is -0.128. The molecular weight excluding hydrogens is 326 g/mol. The van der Waals surface area contributed by atoms with Crippen LogP contribution in [0.4, 0.5) is 4.79 Å². The first-order valence-corrected chi connectivity index (χ1v) is 8.85. The van der Waals surface area contributed by atoms with Crippen molar-refractivity contribution < 1.29 is 19.1 Å². The number of benzene rings is 1. The molecule has 6 heteroatoms. The van der Waals surface area contributed by atoms with Gasteiger partial charge in [-0.15, -0.1) is 0 Å². The summed E-state index contributed by atoms with van der Waals surface area (Å²) in [6.07, 6.45) is -0.656. The first-order chi connectivity index (χ1) is 11.2. The summed E-state index contributed by atoms with van der Waals surface area (Å²) in [7, 11) is 0. The molecule has 0 fully saturated rings. The molecule has 24 heavy (non-hydrogen) atoms. The van der Waals surface area contributed by atoms with Gasteiger partial charge >= 0.3 is 6.09 Å². The van der Waals surface area contributed by atoms with E-state index in [0.717, 1.165) is 11.8 Å². The summed E-state index contributed by atoms with van der Waals surface area (Å²) in [5.41, 5.74) is 0.0211. The second kappa shape index (κ2) is 8.87. The van der Waals surface area contributed by atoms with Crippen molar-refractivity contribution in [2.45, 2.75) is 46.3 Å². The Hall–Kier alpha value is -1.82. The quantitative estimate of drug-likeness (QED) is 0.791. The molecule has 0 unspecified atom stereocenters. The van der Waals surface area contributed by atoms with Gasteiger partial charge in [0.2, 0.25) is 5.12 Å². The van der Waals surface area contributed by atoms with Crippen molar-refractivity contribution in [3.63, 3.8) is 0 Å². The zero-order valence-electron chi connectivity index (χ0n) is 14.8. The normalized spacial score (nSPS) is 13.7. The van der Waals surface area contributed by atoms with Gasteiger partial charge in [0.25, 0.3) is 0 Å². The highest BCUT2D eigenvalue weighted by Gasteiger charge is 2.35. The number of rotatable bonds is 6. The summed E-state index contributed by atoms with van der Waals surface area (Å²) < 4.78 is 5.28. The van der Waals surface area contributed by atoms with E-state index in [0.29, 0.717) is 11.3 Å². The van der Waals surface area contributed by atoms with Crippen molar-refractivity contribution in [3.05, 3.63) is 35.9 Å². The maximum atomic E-state index is 12.4. The Balaban J connectivity index is 3.15. The number of carbonyl (C=O) groups is 3. The lowest BCUT2D eigenvalue weighted by Crippen LogP contribution is -2.41. The van der Waals surface area contributed by atoms with Crippen molar-refractivity contribution in [2.75, 3.05) is 5.75 Å². The molecule has 132 valence electrons. The van der Waals surface area contributed by atoms with Crippen LogP contribution in [0.2, 0.25) is 0 Å². The molecule has 5 nitrogen and oxygen atoms in total. The second-order valence-electron chi connectivity index (χ2n) is 6.37. The fourth-order valence-corrected chi connectivity index (χ4v) is 2.99. The summed E-state index contributed by atoms with van der Waals surface area (Å²) in [6.45, 7) is 8.48. The zero-order chi connectivity index (χ0) is 18.3. The summed E-state index contributed by atoms with van der Waals surface area (Å²) in [5.74, 6) is -0.674. The number of Topliss-reactive ketones (excluding diaryl/α,β-unsaturated/α-hetero) is 1. The van der Waals surface area contributed by atoms with Crippen molar-refractivity contribution in [3.8, 4) is 0 Å². The number of hydrogen-bond acceptors (Lipinski definition) is 5. The van der Waals surface area contributed by atoms with E-state index in [1.807, 2.05) is 13.0 Å². The van der Waals surface area contributed by atoms with Crippen LogP contribution in [0.25, 0.3) is 0 Å². The van der Waals surface area contributed by atoms with E-state index in [9.17, 15) is 14.4 Å². The number of alkyl carbamates (subject to hydrolysis) is 1. The molecule has 2 atom stereocenters. The zero-order valence-corrected chi connectivity index (χ0v) is 15.6. The average Bonchev–Trinajstić information content (AvgIpc) is 2.45. The van der Waals surface area contributed by atoms with E-state index >= 15 is 0 Å². The summed E-state index contributed by atoms with van der Waals surface area (Å²) in [4.78, 5) is 36.7. The van der Waals surface area contributed by atoms with Gasteiger partial charge in [0.15, 0.2) is 0 Å². The first kappa shape index (κ1) is 20.2. The molecule has 0 aliphatic heterocycles. The largest absolute Gasteiger partial charge is 0.444 e. The smallest absolute Gasteiger partial charge is 0.408 e. The number of nitrogens with one attached hydrogen (secondary N) is 1. The maximum absolute atomic E-state index is 12.4. The Morgan fingerprint density at radius 1 is 1.17 bits per heavy atom. The van der Waals surface area contributed by atoms with Crippen LogP contribution in [0.3, 0.4) is 0 Å². The van der Waals surface area contributed by atoms with Gasteiger partial charge in [-0.05, 0) is 39.0 Å². The van der Waals surface area contributed by atoms with Crippen LogP contribution >= 0.6 is 11.8 Å².